The maximum atomic E-state index is 12.5. The number of rotatable bonds is 7. The van der Waals surface area contributed by atoms with Crippen LogP contribution in [-0.4, -0.2) is 27.9 Å². The van der Waals surface area contributed by atoms with Crippen LogP contribution in [0.15, 0.2) is 0 Å². The minimum absolute atomic E-state index is 0.0159. The summed E-state index contributed by atoms with van der Waals surface area (Å²) in [6, 6.07) is 0. The Bertz CT molecular complexity index is 371. The molecule has 0 aliphatic carbocycles. The summed E-state index contributed by atoms with van der Waals surface area (Å²) < 4.78 is 28.3. The zero-order valence-corrected chi connectivity index (χ0v) is 15.2. The average molecular weight is 320 g/mol. The summed E-state index contributed by atoms with van der Waals surface area (Å²) >= 11 is -2.26. The fourth-order valence-electron chi connectivity index (χ4n) is 2.26. The van der Waals surface area contributed by atoms with Crippen molar-refractivity contribution in [3.05, 3.63) is 0 Å². The van der Waals surface area contributed by atoms with E-state index in [0.29, 0.717) is 6.42 Å². The van der Waals surface area contributed by atoms with Crippen LogP contribution in [-0.2, 0) is 20.8 Å². The number of carbonyl (C=O) groups is 1. The van der Waals surface area contributed by atoms with Gasteiger partial charge in [-0.25, -0.2) is 4.72 Å². The first-order valence-electron chi connectivity index (χ1n) is 7.30. The maximum absolute atomic E-state index is 12.5. The van der Waals surface area contributed by atoms with Crippen molar-refractivity contribution in [1.29, 1.82) is 0 Å². The quantitative estimate of drug-likeness (QED) is 0.444. The molecule has 0 spiro atoms. The van der Waals surface area contributed by atoms with E-state index in [-0.39, 0.29) is 30.0 Å². The van der Waals surface area contributed by atoms with Crippen molar-refractivity contribution >= 4 is 17.2 Å². The minimum Gasteiger partial charge on any atom is -0.760 e. The predicted molar refractivity (Wildman–Crippen MR) is 84.1 cm³/mol. The van der Waals surface area contributed by atoms with Gasteiger partial charge in [-0.15, -0.1) is 0 Å². The third-order valence-electron chi connectivity index (χ3n) is 3.76. The largest absolute Gasteiger partial charge is 0.760 e. The van der Waals surface area contributed by atoms with Gasteiger partial charge in [-0.1, -0.05) is 41.5 Å². The van der Waals surface area contributed by atoms with Crippen LogP contribution in [0, 0.1) is 16.2 Å². The fourth-order valence-corrected chi connectivity index (χ4v) is 2.57. The molecule has 5 nitrogen and oxygen atoms in total. The SMILES string of the molecule is CC(C)(C)CC(C)(C(=O)OCCCNS(=O)[O-])C(C)(C)C. The van der Waals surface area contributed by atoms with E-state index in [1.807, 2.05) is 27.7 Å². The van der Waals surface area contributed by atoms with Crippen molar-refractivity contribution in [2.45, 2.75) is 61.3 Å². The van der Waals surface area contributed by atoms with Gasteiger partial charge in [-0.05, 0) is 30.6 Å². The molecule has 6 heteroatoms. The number of nitrogens with one attached hydrogen (secondary N) is 1. The normalized spacial score (nSPS) is 17.1. The molecule has 2 unspecified atom stereocenters. The van der Waals surface area contributed by atoms with E-state index < -0.39 is 16.7 Å². The van der Waals surface area contributed by atoms with Gasteiger partial charge in [0, 0.05) is 17.8 Å². The van der Waals surface area contributed by atoms with Crippen molar-refractivity contribution < 1.29 is 18.3 Å². The summed E-state index contributed by atoms with van der Waals surface area (Å²) in [4.78, 5) is 12.5. The molecule has 0 radical (unpaired) electrons. The van der Waals surface area contributed by atoms with Crippen molar-refractivity contribution in [2.75, 3.05) is 13.2 Å². The second-order valence-electron chi connectivity index (χ2n) is 7.94. The molecule has 0 saturated carbocycles. The Morgan fingerprint density at radius 1 is 1.14 bits per heavy atom. The van der Waals surface area contributed by atoms with Gasteiger partial charge in [0.25, 0.3) is 0 Å². The maximum Gasteiger partial charge on any atom is 0.312 e. The van der Waals surface area contributed by atoms with E-state index >= 15 is 0 Å². The molecule has 0 aromatic heterocycles. The van der Waals surface area contributed by atoms with Gasteiger partial charge in [0.15, 0.2) is 0 Å². The van der Waals surface area contributed by atoms with E-state index in [4.69, 9.17) is 4.74 Å². The highest BCUT2D eigenvalue weighted by Crippen LogP contribution is 2.47. The highest BCUT2D eigenvalue weighted by atomic mass is 32.2. The molecular weight excluding hydrogens is 290 g/mol. The van der Waals surface area contributed by atoms with E-state index in [2.05, 4.69) is 25.5 Å². The number of esters is 1. The van der Waals surface area contributed by atoms with Crippen LogP contribution in [0.1, 0.15) is 61.3 Å². The third-order valence-corrected chi connectivity index (χ3v) is 4.20. The number of hydrogen-bond donors (Lipinski definition) is 1. The lowest BCUT2D eigenvalue weighted by Crippen LogP contribution is -2.44. The lowest BCUT2D eigenvalue weighted by Gasteiger charge is -2.43. The Hall–Kier alpha value is -0.460. The lowest BCUT2D eigenvalue weighted by molar-refractivity contribution is -0.164. The topological polar surface area (TPSA) is 78.5 Å². The van der Waals surface area contributed by atoms with Crippen LogP contribution in [0.5, 0.6) is 0 Å². The third kappa shape index (κ3) is 7.38. The summed E-state index contributed by atoms with van der Waals surface area (Å²) in [5, 5.41) is 0. The Balaban J connectivity index is 4.65. The van der Waals surface area contributed by atoms with Crippen molar-refractivity contribution in [3.8, 4) is 0 Å². The Morgan fingerprint density at radius 2 is 1.67 bits per heavy atom. The van der Waals surface area contributed by atoms with Crippen LogP contribution in [0.2, 0.25) is 0 Å². The second kappa shape index (κ2) is 7.70. The predicted octanol–water partition coefficient (Wildman–Crippen LogP) is 2.79. The van der Waals surface area contributed by atoms with Gasteiger partial charge in [-0.2, -0.15) is 0 Å². The Morgan fingerprint density at radius 3 is 2.05 bits per heavy atom. The molecule has 0 amide bonds. The van der Waals surface area contributed by atoms with Gasteiger partial charge in [0.1, 0.15) is 0 Å². The zero-order valence-electron chi connectivity index (χ0n) is 14.4. The van der Waals surface area contributed by atoms with Crippen LogP contribution < -0.4 is 4.72 Å². The fraction of sp³-hybridized carbons (Fsp3) is 0.933. The smallest absolute Gasteiger partial charge is 0.312 e. The molecule has 21 heavy (non-hydrogen) atoms. The standard InChI is InChI=1S/C15H31NO4S/c1-13(2,3)11-15(7,14(4,5)6)12(17)20-10-8-9-16-21(18)19/h16H,8-11H2,1-7H3,(H,18,19)/p-1. The Kier molecular flexibility index (Phi) is 7.53. The molecular formula is C15H30NO4S-. The summed E-state index contributed by atoms with van der Waals surface area (Å²) in [7, 11) is 0. The van der Waals surface area contributed by atoms with Crippen LogP contribution in [0.25, 0.3) is 0 Å². The summed E-state index contributed by atoms with van der Waals surface area (Å²) in [6.07, 6.45) is 1.20. The number of ether oxygens (including phenoxy) is 1. The van der Waals surface area contributed by atoms with Crippen LogP contribution in [0.4, 0.5) is 0 Å². The van der Waals surface area contributed by atoms with Gasteiger partial charge in [0.2, 0.25) is 0 Å². The summed E-state index contributed by atoms with van der Waals surface area (Å²) in [5.74, 6) is -0.215. The molecule has 0 bridgehead atoms. The molecule has 1 N–H and O–H groups in total. The minimum atomic E-state index is -2.26. The molecule has 0 aliphatic rings. The number of carbonyl (C=O) groups excluding carboxylic acids is 1. The van der Waals surface area contributed by atoms with E-state index in [1.165, 1.54) is 0 Å². The number of hydrogen-bond acceptors (Lipinski definition) is 4. The Labute approximate surface area is 131 Å². The van der Waals surface area contributed by atoms with Gasteiger partial charge < -0.3 is 9.29 Å². The first-order valence-corrected chi connectivity index (χ1v) is 8.37. The average Bonchev–Trinajstić information content (AvgIpc) is 2.23. The first-order chi connectivity index (χ1) is 9.29. The molecule has 0 saturated heterocycles. The van der Waals surface area contributed by atoms with Gasteiger partial charge in [-0.3, -0.25) is 9.00 Å². The molecule has 0 heterocycles. The molecule has 0 aromatic rings. The van der Waals surface area contributed by atoms with E-state index in [9.17, 15) is 13.6 Å². The molecule has 0 aromatic carbocycles. The molecule has 2 atom stereocenters. The summed E-state index contributed by atoms with van der Waals surface area (Å²) in [6.45, 7) is 14.9. The molecule has 0 rings (SSSR count). The molecule has 126 valence electrons. The van der Waals surface area contributed by atoms with E-state index in [0.717, 1.165) is 6.42 Å². The van der Waals surface area contributed by atoms with E-state index in [1.54, 1.807) is 0 Å². The highest BCUT2D eigenvalue weighted by molar-refractivity contribution is 7.77. The monoisotopic (exact) mass is 320 g/mol. The van der Waals surface area contributed by atoms with Crippen molar-refractivity contribution in [3.63, 3.8) is 0 Å². The first kappa shape index (κ1) is 20.5. The van der Waals surface area contributed by atoms with Crippen LogP contribution in [0.3, 0.4) is 0 Å². The summed E-state index contributed by atoms with van der Waals surface area (Å²) in [5.41, 5.74) is -0.784. The van der Waals surface area contributed by atoms with Gasteiger partial charge >= 0.3 is 5.97 Å². The van der Waals surface area contributed by atoms with Gasteiger partial charge in [0.05, 0.1) is 12.0 Å². The zero-order chi connectivity index (χ0) is 16.9. The second-order valence-corrected chi connectivity index (χ2v) is 8.70. The molecule has 0 fully saturated rings. The lowest BCUT2D eigenvalue weighted by atomic mass is 9.61. The van der Waals surface area contributed by atoms with Crippen LogP contribution >= 0.6 is 0 Å². The van der Waals surface area contributed by atoms with Crippen molar-refractivity contribution in [2.24, 2.45) is 16.2 Å². The molecule has 0 aliphatic heterocycles. The highest BCUT2D eigenvalue weighted by Gasteiger charge is 2.47. The van der Waals surface area contributed by atoms with Crippen molar-refractivity contribution in [1.82, 2.24) is 4.72 Å².